The number of hydrogen-bond acceptors (Lipinski definition) is 5. The van der Waals surface area contributed by atoms with Crippen LogP contribution < -0.4 is 0 Å². The molecule has 1 saturated heterocycles. The Kier molecular flexibility index (Phi) is 13.0. The second kappa shape index (κ2) is 14.5. The van der Waals surface area contributed by atoms with Gasteiger partial charge in [0.1, 0.15) is 18.3 Å². The largest absolute Gasteiger partial charge is 0.493 e. The number of aliphatic hydroxyl groups excluding tert-OH is 3. The Morgan fingerprint density at radius 3 is 2.16 bits per heavy atom. The molecule has 1 rings (SSSR count). The highest BCUT2D eigenvalue weighted by Gasteiger charge is 2.39. The predicted octanol–water partition coefficient (Wildman–Crippen LogP) is 3.31. The fraction of sp³-hybridized carbons (Fsp3) is 0.900. The van der Waals surface area contributed by atoms with Gasteiger partial charge in [-0.05, 0) is 18.9 Å². The van der Waals surface area contributed by atoms with Crippen LogP contribution in [-0.4, -0.2) is 52.9 Å². The first-order valence-corrected chi connectivity index (χ1v) is 10.1. The second-order valence-corrected chi connectivity index (χ2v) is 7.06. The van der Waals surface area contributed by atoms with Crippen molar-refractivity contribution >= 4 is 0 Å². The van der Waals surface area contributed by atoms with Gasteiger partial charge in [-0.3, -0.25) is 0 Å². The van der Waals surface area contributed by atoms with E-state index in [1.54, 1.807) is 6.26 Å². The van der Waals surface area contributed by atoms with Crippen molar-refractivity contribution in [1.29, 1.82) is 0 Å². The number of rotatable bonds is 14. The van der Waals surface area contributed by atoms with Crippen molar-refractivity contribution in [2.24, 2.45) is 0 Å². The van der Waals surface area contributed by atoms with E-state index in [0.29, 0.717) is 0 Å². The fourth-order valence-corrected chi connectivity index (χ4v) is 3.14. The van der Waals surface area contributed by atoms with E-state index in [2.05, 4.69) is 6.92 Å². The summed E-state index contributed by atoms with van der Waals surface area (Å²) in [5.74, 6) is 0. The molecule has 0 spiro atoms. The number of unbranched alkanes of at least 4 members (excludes halogenated alkanes) is 10. The minimum atomic E-state index is -1.03. The van der Waals surface area contributed by atoms with Crippen LogP contribution in [0.25, 0.3) is 0 Å². The van der Waals surface area contributed by atoms with Crippen LogP contribution >= 0.6 is 0 Å². The molecule has 1 aliphatic heterocycles. The Balaban J connectivity index is 2.00. The molecule has 0 aromatic heterocycles. The third kappa shape index (κ3) is 9.59. The Hall–Kier alpha value is -0.620. The quantitative estimate of drug-likeness (QED) is 0.328. The third-order valence-corrected chi connectivity index (χ3v) is 4.81. The van der Waals surface area contributed by atoms with Crippen LogP contribution in [-0.2, 0) is 9.47 Å². The SMILES string of the molecule is CCCCCCCCCCCC/C=C/O[C@H]1[C@H](O)[C@@H](O)CO[C@@H]1CO. The van der Waals surface area contributed by atoms with Crippen LogP contribution in [0.4, 0.5) is 0 Å². The molecule has 5 heteroatoms. The highest BCUT2D eigenvalue weighted by Crippen LogP contribution is 2.19. The third-order valence-electron chi connectivity index (χ3n) is 4.81. The molecule has 1 fully saturated rings. The first kappa shape index (κ1) is 22.4. The molecule has 0 aromatic carbocycles. The first-order valence-electron chi connectivity index (χ1n) is 10.1. The number of ether oxygens (including phenoxy) is 2. The van der Waals surface area contributed by atoms with E-state index in [1.165, 1.54) is 57.8 Å². The van der Waals surface area contributed by atoms with E-state index in [0.717, 1.165) is 12.8 Å². The van der Waals surface area contributed by atoms with Crippen LogP contribution in [0.3, 0.4) is 0 Å². The van der Waals surface area contributed by atoms with Crippen LogP contribution in [0.1, 0.15) is 77.6 Å². The lowest BCUT2D eigenvalue weighted by molar-refractivity contribution is -0.197. The summed E-state index contributed by atoms with van der Waals surface area (Å²) in [6.07, 6.45) is 14.3. The van der Waals surface area contributed by atoms with Crippen molar-refractivity contribution in [3.05, 3.63) is 12.3 Å². The smallest absolute Gasteiger partial charge is 0.154 e. The van der Waals surface area contributed by atoms with Crippen LogP contribution in [0.5, 0.6) is 0 Å². The Morgan fingerprint density at radius 2 is 1.56 bits per heavy atom. The van der Waals surface area contributed by atoms with E-state index < -0.39 is 24.4 Å². The molecule has 148 valence electrons. The van der Waals surface area contributed by atoms with Crippen molar-refractivity contribution < 1.29 is 24.8 Å². The van der Waals surface area contributed by atoms with Crippen molar-refractivity contribution in [3.63, 3.8) is 0 Å². The summed E-state index contributed by atoms with van der Waals surface area (Å²) >= 11 is 0. The zero-order valence-electron chi connectivity index (χ0n) is 15.8. The Bertz CT molecular complexity index is 332. The number of hydrogen-bond donors (Lipinski definition) is 3. The number of aliphatic hydroxyl groups is 3. The molecule has 0 amide bonds. The van der Waals surface area contributed by atoms with Gasteiger partial charge in [0.25, 0.3) is 0 Å². The molecule has 0 aliphatic carbocycles. The van der Waals surface area contributed by atoms with Crippen LogP contribution in [0, 0.1) is 0 Å². The average molecular weight is 359 g/mol. The van der Waals surface area contributed by atoms with Crippen LogP contribution in [0.2, 0.25) is 0 Å². The molecule has 1 aliphatic rings. The van der Waals surface area contributed by atoms with Gasteiger partial charge in [0.05, 0.1) is 19.5 Å². The van der Waals surface area contributed by atoms with Gasteiger partial charge in [-0.1, -0.05) is 64.7 Å². The fourth-order valence-electron chi connectivity index (χ4n) is 3.14. The maximum atomic E-state index is 9.93. The van der Waals surface area contributed by atoms with E-state index in [1.807, 2.05) is 6.08 Å². The van der Waals surface area contributed by atoms with Crippen molar-refractivity contribution in [2.45, 2.75) is 102 Å². The first-order chi connectivity index (χ1) is 12.2. The van der Waals surface area contributed by atoms with Crippen molar-refractivity contribution in [2.75, 3.05) is 13.2 Å². The molecule has 0 bridgehead atoms. The van der Waals surface area contributed by atoms with Crippen LogP contribution in [0.15, 0.2) is 12.3 Å². The van der Waals surface area contributed by atoms with Crippen molar-refractivity contribution in [3.8, 4) is 0 Å². The summed E-state index contributed by atoms with van der Waals surface area (Å²) in [4.78, 5) is 0. The van der Waals surface area contributed by atoms with Gasteiger partial charge in [-0.15, -0.1) is 0 Å². The molecule has 5 nitrogen and oxygen atoms in total. The highest BCUT2D eigenvalue weighted by molar-refractivity contribution is 4.89. The van der Waals surface area contributed by atoms with E-state index in [9.17, 15) is 15.3 Å². The summed E-state index contributed by atoms with van der Waals surface area (Å²) in [5.41, 5.74) is 0. The second-order valence-electron chi connectivity index (χ2n) is 7.06. The van der Waals surface area contributed by atoms with E-state index in [-0.39, 0.29) is 13.2 Å². The van der Waals surface area contributed by atoms with Crippen molar-refractivity contribution in [1.82, 2.24) is 0 Å². The molecule has 1 heterocycles. The van der Waals surface area contributed by atoms with Gasteiger partial charge in [0.2, 0.25) is 0 Å². The summed E-state index contributed by atoms with van der Waals surface area (Å²) in [6, 6.07) is 0. The normalized spacial score (nSPS) is 27.0. The predicted molar refractivity (Wildman–Crippen MR) is 99.3 cm³/mol. The van der Waals surface area contributed by atoms with Gasteiger partial charge in [0.15, 0.2) is 6.10 Å². The monoisotopic (exact) mass is 358 g/mol. The molecular formula is C20H38O5. The van der Waals surface area contributed by atoms with Gasteiger partial charge in [0, 0.05) is 0 Å². The summed E-state index contributed by atoms with van der Waals surface area (Å²) in [7, 11) is 0. The Labute approximate surface area is 153 Å². The standard InChI is InChI=1S/C20H38O5/c1-2-3-4-5-6-7-8-9-10-11-12-13-14-24-20-18(15-21)25-16-17(22)19(20)23/h13-14,17-23H,2-12,15-16H2,1H3/b14-13+/t17-,18+,19+,20+/m0/s1. The molecule has 0 unspecified atom stereocenters. The topological polar surface area (TPSA) is 79.2 Å². The molecule has 0 aromatic rings. The minimum absolute atomic E-state index is 0.0224. The van der Waals surface area contributed by atoms with Gasteiger partial charge in [-0.2, -0.15) is 0 Å². The molecule has 0 saturated carbocycles. The zero-order valence-corrected chi connectivity index (χ0v) is 15.8. The highest BCUT2D eigenvalue weighted by atomic mass is 16.6. The molecule has 3 N–H and O–H groups in total. The van der Waals surface area contributed by atoms with Gasteiger partial charge >= 0.3 is 0 Å². The van der Waals surface area contributed by atoms with E-state index in [4.69, 9.17) is 9.47 Å². The number of allylic oxidation sites excluding steroid dienone is 1. The lowest BCUT2D eigenvalue weighted by atomic mass is 10.0. The maximum absolute atomic E-state index is 9.93. The molecule has 0 radical (unpaired) electrons. The molecular weight excluding hydrogens is 320 g/mol. The van der Waals surface area contributed by atoms with E-state index >= 15 is 0 Å². The summed E-state index contributed by atoms with van der Waals surface area (Å²) in [6.45, 7) is 2.04. The molecule has 4 atom stereocenters. The summed E-state index contributed by atoms with van der Waals surface area (Å²) < 4.78 is 10.8. The van der Waals surface area contributed by atoms with Gasteiger partial charge < -0.3 is 24.8 Å². The Morgan fingerprint density at radius 1 is 0.960 bits per heavy atom. The lowest BCUT2D eigenvalue weighted by Crippen LogP contribution is -2.54. The zero-order chi connectivity index (χ0) is 18.3. The lowest BCUT2D eigenvalue weighted by Gasteiger charge is -2.36. The minimum Gasteiger partial charge on any atom is -0.493 e. The maximum Gasteiger partial charge on any atom is 0.154 e. The average Bonchev–Trinajstić information content (AvgIpc) is 2.62. The molecule has 25 heavy (non-hydrogen) atoms. The van der Waals surface area contributed by atoms with Gasteiger partial charge in [-0.25, -0.2) is 0 Å². The summed E-state index contributed by atoms with van der Waals surface area (Å²) in [5, 5.41) is 28.8.